The molecule has 2 aromatic carbocycles. The average Bonchev–Trinajstić information content (AvgIpc) is 2.96. The van der Waals surface area contributed by atoms with E-state index in [1.54, 1.807) is 18.5 Å². The van der Waals surface area contributed by atoms with E-state index in [4.69, 9.17) is 9.47 Å². The minimum atomic E-state index is -0.436. The van der Waals surface area contributed by atoms with Gasteiger partial charge in [-0.1, -0.05) is 18.2 Å². The zero-order valence-corrected chi connectivity index (χ0v) is 13.0. The van der Waals surface area contributed by atoms with Crippen LogP contribution in [0.5, 0.6) is 5.75 Å². The van der Waals surface area contributed by atoms with Gasteiger partial charge >= 0.3 is 5.97 Å². The van der Waals surface area contributed by atoms with Gasteiger partial charge < -0.3 is 9.47 Å². The molecule has 0 aliphatic carbocycles. The smallest absolute Gasteiger partial charge is 0.341 e. The molecule has 0 saturated heterocycles. The molecule has 0 spiro atoms. The number of benzene rings is 2. The van der Waals surface area contributed by atoms with Gasteiger partial charge in [0.25, 0.3) is 0 Å². The summed E-state index contributed by atoms with van der Waals surface area (Å²) >= 11 is 0. The minimum absolute atomic E-state index is 0. The van der Waals surface area contributed by atoms with Crippen molar-refractivity contribution in [1.29, 1.82) is 0 Å². The highest BCUT2D eigenvalue weighted by molar-refractivity contribution is 5.97. The highest BCUT2D eigenvalue weighted by Gasteiger charge is 2.16. The number of esters is 1. The van der Waals surface area contributed by atoms with Gasteiger partial charge in [0.05, 0.1) is 25.3 Å². The SMILES string of the molecule is COC(=O)c1cc2c(cc1OC)ncn2-c1ccccc1.Cl. The molecule has 0 radical (unpaired) electrons. The highest BCUT2D eigenvalue weighted by atomic mass is 35.5. The van der Waals surface area contributed by atoms with Crippen LogP contribution in [0.25, 0.3) is 16.7 Å². The fraction of sp³-hybridized carbons (Fsp3) is 0.125. The van der Waals surface area contributed by atoms with Crippen LogP contribution in [0.15, 0.2) is 48.8 Å². The summed E-state index contributed by atoms with van der Waals surface area (Å²) in [6, 6.07) is 13.3. The molecule has 0 N–H and O–H groups in total. The molecular weight excluding hydrogens is 304 g/mol. The fourth-order valence-electron chi connectivity index (χ4n) is 2.27. The number of imidazole rings is 1. The van der Waals surface area contributed by atoms with Crippen LogP contribution in [0.4, 0.5) is 0 Å². The van der Waals surface area contributed by atoms with E-state index in [1.807, 2.05) is 34.9 Å². The number of halogens is 1. The zero-order chi connectivity index (χ0) is 14.8. The highest BCUT2D eigenvalue weighted by Crippen LogP contribution is 2.27. The largest absolute Gasteiger partial charge is 0.496 e. The van der Waals surface area contributed by atoms with Crippen molar-refractivity contribution in [2.75, 3.05) is 14.2 Å². The summed E-state index contributed by atoms with van der Waals surface area (Å²) in [5, 5.41) is 0. The lowest BCUT2D eigenvalue weighted by Crippen LogP contribution is -2.04. The van der Waals surface area contributed by atoms with Crippen LogP contribution in [0.2, 0.25) is 0 Å². The van der Waals surface area contributed by atoms with Gasteiger partial charge in [0, 0.05) is 11.8 Å². The van der Waals surface area contributed by atoms with Gasteiger partial charge in [-0.3, -0.25) is 4.57 Å². The Labute approximate surface area is 133 Å². The number of carbonyl (C=O) groups is 1. The van der Waals surface area contributed by atoms with E-state index in [-0.39, 0.29) is 12.4 Å². The lowest BCUT2D eigenvalue weighted by atomic mass is 10.1. The summed E-state index contributed by atoms with van der Waals surface area (Å²) in [4.78, 5) is 16.2. The van der Waals surface area contributed by atoms with Crippen molar-refractivity contribution in [3.8, 4) is 11.4 Å². The zero-order valence-electron chi connectivity index (χ0n) is 12.1. The number of methoxy groups -OCH3 is 2. The van der Waals surface area contributed by atoms with Gasteiger partial charge in [0.15, 0.2) is 0 Å². The van der Waals surface area contributed by atoms with Gasteiger partial charge in [0.2, 0.25) is 0 Å². The van der Waals surface area contributed by atoms with Crippen LogP contribution >= 0.6 is 12.4 Å². The van der Waals surface area contributed by atoms with E-state index in [0.717, 1.165) is 16.7 Å². The summed E-state index contributed by atoms with van der Waals surface area (Å²) in [6.45, 7) is 0. The van der Waals surface area contributed by atoms with Gasteiger partial charge in [-0.05, 0) is 18.2 Å². The summed E-state index contributed by atoms with van der Waals surface area (Å²) in [5.41, 5.74) is 2.93. The van der Waals surface area contributed by atoms with Gasteiger partial charge in [-0.15, -0.1) is 12.4 Å². The molecule has 3 aromatic rings. The van der Waals surface area contributed by atoms with E-state index in [1.165, 1.54) is 14.2 Å². The maximum Gasteiger partial charge on any atom is 0.341 e. The second kappa shape index (κ2) is 6.49. The molecule has 1 heterocycles. The van der Waals surface area contributed by atoms with Crippen molar-refractivity contribution in [3.05, 3.63) is 54.4 Å². The number of nitrogens with zero attached hydrogens (tertiary/aromatic N) is 2. The predicted molar refractivity (Wildman–Crippen MR) is 86.2 cm³/mol. The minimum Gasteiger partial charge on any atom is -0.496 e. The van der Waals surface area contributed by atoms with Gasteiger partial charge in [-0.25, -0.2) is 9.78 Å². The van der Waals surface area contributed by atoms with Crippen molar-refractivity contribution in [2.24, 2.45) is 0 Å². The summed E-state index contributed by atoms with van der Waals surface area (Å²) in [7, 11) is 2.86. The first-order chi connectivity index (χ1) is 10.2. The van der Waals surface area contributed by atoms with E-state index >= 15 is 0 Å². The molecular formula is C16H15ClN2O3. The Kier molecular flexibility index (Phi) is 4.68. The number of hydrogen-bond acceptors (Lipinski definition) is 4. The van der Waals surface area contributed by atoms with Crippen LogP contribution < -0.4 is 4.74 Å². The number of rotatable bonds is 3. The third kappa shape index (κ3) is 2.63. The lowest BCUT2D eigenvalue weighted by molar-refractivity contribution is 0.0597. The third-order valence-corrected chi connectivity index (χ3v) is 3.31. The van der Waals surface area contributed by atoms with Crippen LogP contribution in [0.1, 0.15) is 10.4 Å². The Morgan fingerprint density at radius 1 is 1.14 bits per heavy atom. The van der Waals surface area contributed by atoms with E-state index in [9.17, 15) is 4.79 Å². The summed E-state index contributed by atoms with van der Waals surface area (Å²) in [6.07, 6.45) is 1.72. The van der Waals surface area contributed by atoms with Gasteiger partial charge in [0.1, 0.15) is 17.6 Å². The monoisotopic (exact) mass is 318 g/mol. The topological polar surface area (TPSA) is 53.4 Å². The Morgan fingerprint density at radius 2 is 1.86 bits per heavy atom. The number of hydrogen-bond donors (Lipinski definition) is 0. The van der Waals surface area contributed by atoms with Crippen molar-refractivity contribution in [3.63, 3.8) is 0 Å². The number of aromatic nitrogens is 2. The van der Waals surface area contributed by atoms with Crippen molar-refractivity contribution >= 4 is 29.4 Å². The molecule has 0 amide bonds. The maximum atomic E-state index is 11.9. The Balaban J connectivity index is 0.00000176. The van der Waals surface area contributed by atoms with Crippen LogP contribution in [0.3, 0.4) is 0 Å². The Bertz CT molecular complexity index is 800. The van der Waals surface area contributed by atoms with E-state index < -0.39 is 5.97 Å². The second-order valence-electron chi connectivity index (χ2n) is 4.48. The first-order valence-electron chi connectivity index (χ1n) is 6.43. The average molecular weight is 319 g/mol. The first-order valence-corrected chi connectivity index (χ1v) is 6.43. The molecule has 0 unspecified atom stereocenters. The molecule has 0 saturated carbocycles. The standard InChI is InChI=1S/C16H14N2O3.ClH/c1-20-15-9-13-14(8-12(15)16(19)21-2)18(10-17-13)11-6-4-3-5-7-11;/h3-10H,1-2H3;1H. The third-order valence-electron chi connectivity index (χ3n) is 3.31. The summed E-state index contributed by atoms with van der Waals surface area (Å²) < 4.78 is 12.0. The number of para-hydroxylation sites is 1. The molecule has 0 aliphatic heterocycles. The van der Waals surface area contributed by atoms with Crippen LogP contribution in [-0.4, -0.2) is 29.7 Å². The number of carbonyl (C=O) groups excluding carboxylic acids is 1. The Hall–Kier alpha value is -2.53. The predicted octanol–water partition coefficient (Wildman–Crippen LogP) is 3.24. The molecule has 0 fully saturated rings. The fourth-order valence-corrected chi connectivity index (χ4v) is 2.27. The number of ether oxygens (including phenoxy) is 2. The molecule has 1 aromatic heterocycles. The van der Waals surface area contributed by atoms with Crippen molar-refractivity contribution in [1.82, 2.24) is 9.55 Å². The molecule has 22 heavy (non-hydrogen) atoms. The molecule has 5 nitrogen and oxygen atoms in total. The first kappa shape index (κ1) is 15.9. The van der Waals surface area contributed by atoms with E-state index in [2.05, 4.69) is 4.98 Å². The lowest BCUT2D eigenvalue weighted by Gasteiger charge is -2.08. The maximum absolute atomic E-state index is 11.9. The molecule has 0 atom stereocenters. The van der Waals surface area contributed by atoms with Crippen molar-refractivity contribution < 1.29 is 14.3 Å². The van der Waals surface area contributed by atoms with Crippen LogP contribution in [-0.2, 0) is 4.74 Å². The molecule has 114 valence electrons. The van der Waals surface area contributed by atoms with Crippen LogP contribution in [0, 0.1) is 0 Å². The summed E-state index contributed by atoms with van der Waals surface area (Å²) in [5.74, 6) is 0.0159. The van der Waals surface area contributed by atoms with E-state index in [0.29, 0.717) is 11.3 Å². The quantitative estimate of drug-likeness (QED) is 0.696. The van der Waals surface area contributed by atoms with Gasteiger partial charge in [-0.2, -0.15) is 0 Å². The molecule has 6 heteroatoms. The normalized spacial score (nSPS) is 10.1. The molecule has 3 rings (SSSR count). The second-order valence-corrected chi connectivity index (χ2v) is 4.48. The molecule has 0 bridgehead atoms. The van der Waals surface area contributed by atoms with Crippen molar-refractivity contribution in [2.45, 2.75) is 0 Å². The Morgan fingerprint density at radius 3 is 2.50 bits per heavy atom. The number of fused-ring (bicyclic) bond motifs is 1. The molecule has 0 aliphatic rings.